The number of hydrogen-bond donors (Lipinski definition) is 1. The average Bonchev–Trinajstić information content (AvgIpc) is 2.38. The Labute approximate surface area is 106 Å². The highest BCUT2D eigenvalue weighted by Crippen LogP contribution is 2.43. The van der Waals surface area contributed by atoms with E-state index in [1.165, 1.54) is 44.9 Å². The van der Waals surface area contributed by atoms with Crippen molar-refractivity contribution in [3.63, 3.8) is 0 Å². The summed E-state index contributed by atoms with van der Waals surface area (Å²) in [5, 5.41) is 0. The van der Waals surface area contributed by atoms with Crippen LogP contribution in [0.4, 0.5) is 0 Å². The summed E-state index contributed by atoms with van der Waals surface area (Å²) >= 11 is 0. The highest BCUT2D eigenvalue weighted by molar-refractivity contribution is 4.91. The van der Waals surface area contributed by atoms with Gasteiger partial charge in [0.2, 0.25) is 0 Å². The lowest BCUT2D eigenvalue weighted by Gasteiger charge is -2.46. The van der Waals surface area contributed by atoms with Crippen molar-refractivity contribution in [2.75, 3.05) is 13.2 Å². The maximum Gasteiger partial charge on any atom is 0.0685 e. The van der Waals surface area contributed by atoms with Gasteiger partial charge in [0, 0.05) is 6.61 Å². The molecule has 3 atom stereocenters. The monoisotopic (exact) mass is 239 g/mol. The molecule has 1 saturated carbocycles. The standard InChI is InChI=1S/C15H29NO/c1-12(11-16)13(2)14-6-9-17-15(10-14)7-4-3-5-8-15/h12-14H,3-11,16H2,1-2H3. The number of nitrogens with two attached hydrogens (primary N) is 1. The Kier molecular flexibility index (Phi) is 4.48. The van der Waals surface area contributed by atoms with Gasteiger partial charge in [0.15, 0.2) is 0 Å². The number of hydrogen-bond acceptors (Lipinski definition) is 2. The molecule has 0 aromatic rings. The third kappa shape index (κ3) is 3.03. The van der Waals surface area contributed by atoms with Gasteiger partial charge in [-0.3, -0.25) is 0 Å². The van der Waals surface area contributed by atoms with E-state index in [0.29, 0.717) is 5.92 Å². The Morgan fingerprint density at radius 3 is 2.59 bits per heavy atom. The molecule has 0 amide bonds. The summed E-state index contributed by atoms with van der Waals surface area (Å²) < 4.78 is 6.17. The van der Waals surface area contributed by atoms with Crippen LogP contribution >= 0.6 is 0 Å². The molecule has 3 unspecified atom stereocenters. The lowest BCUT2D eigenvalue weighted by molar-refractivity contribution is -0.126. The molecule has 2 N–H and O–H groups in total. The fraction of sp³-hybridized carbons (Fsp3) is 1.00. The lowest BCUT2D eigenvalue weighted by Crippen LogP contribution is -2.44. The van der Waals surface area contributed by atoms with Gasteiger partial charge in [0.1, 0.15) is 0 Å². The van der Waals surface area contributed by atoms with Crippen molar-refractivity contribution < 1.29 is 4.74 Å². The quantitative estimate of drug-likeness (QED) is 0.819. The van der Waals surface area contributed by atoms with Crippen LogP contribution in [-0.4, -0.2) is 18.8 Å². The van der Waals surface area contributed by atoms with Gasteiger partial charge in [-0.25, -0.2) is 0 Å². The van der Waals surface area contributed by atoms with Gasteiger partial charge < -0.3 is 10.5 Å². The third-order valence-corrected chi connectivity index (χ3v) is 5.31. The molecule has 2 rings (SSSR count). The van der Waals surface area contributed by atoms with Crippen molar-refractivity contribution >= 4 is 0 Å². The van der Waals surface area contributed by atoms with Crippen molar-refractivity contribution in [2.24, 2.45) is 23.5 Å². The maximum absolute atomic E-state index is 6.17. The predicted molar refractivity (Wildman–Crippen MR) is 71.9 cm³/mol. The molecule has 0 aromatic carbocycles. The molecule has 2 nitrogen and oxygen atoms in total. The normalized spacial score (nSPS) is 32.3. The zero-order valence-electron chi connectivity index (χ0n) is 11.6. The molecule has 1 spiro atoms. The molecule has 17 heavy (non-hydrogen) atoms. The van der Waals surface area contributed by atoms with Crippen molar-refractivity contribution in [2.45, 2.75) is 64.4 Å². The van der Waals surface area contributed by atoms with Crippen LogP contribution in [0.3, 0.4) is 0 Å². The summed E-state index contributed by atoms with van der Waals surface area (Å²) in [5.41, 5.74) is 6.07. The highest BCUT2D eigenvalue weighted by Gasteiger charge is 2.40. The average molecular weight is 239 g/mol. The van der Waals surface area contributed by atoms with E-state index in [9.17, 15) is 0 Å². The van der Waals surface area contributed by atoms with Gasteiger partial charge >= 0.3 is 0 Å². The summed E-state index contributed by atoms with van der Waals surface area (Å²) in [7, 11) is 0. The fourth-order valence-corrected chi connectivity index (χ4v) is 3.74. The van der Waals surface area contributed by atoms with Crippen LogP contribution in [0.15, 0.2) is 0 Å². The molecule has 100 valence electrons. The Hall–Kier alpha value is -0.0800. The summed E-state index contributed by atoms with van der Waals surface area (Å²) in [4.78, 5) is 0. The zero-order chi connectivity index (χ0) is 12.3. The molecule has 2 fully saturated rings. The second-order valence-corrected chi connectivity index (χ2v) is 6.42. The van der Waals surface area contributed by atoms with Crippen LogP contribution < -0.4 is 5.73 Å². The molecule has 2 heteroatoms. The molecular formula is C15H29NO. The van der Waals surface area contributed by atoms with E-state index in [4.69, 9.17) is 10.5 Å². The smallest absolute Gasteiger partial charge is 0.0685 e. The van der Waals surface area contributed by atoms with Crippen molar-refractivity contribution in [1.29, 1.82) is 0 Å². The first-order valence-corrected chi connectivity index (χ1v) is 7.51. The number of rotatable bonds is 3. The second-order valence-electron chi connectivity index (χ2n) is 6.42. The van der Waals surface area contributed by atoms with Crippen LogP contribution in [0.25, 0.3) is 0 Å². The summed E-state index contributed by atoms with van der Waals surface area (Å²) in [6, 6.07) is 0. The first-order valence-electron chi connectivity index (χ1n) is 7.51. The molecule has 2 aliphatic rings. The van der Waals surface area contributed by atoms with Crippen molar-refractivity contribution in [1.82, 2.24) is 0 Å². The van der Waals surface area contributed by atoms with Crippen molar-refractivity contribution in [3.05, 3.63) is 0 Å². The molecule has 0 aromatic heterocycles. The van der Waals surface area contributed by atoms with Gasteiger partial charge in [0.25, 0.3) is 0 Å². The first kappa shape index (κ1) is 13.4. The lowest BCUT2D eigenvalue weighted by atomic mass is 9.70. The molecular weight excluding hydrogens is 210 g/mol. The van der Waals surface area contributed by atoms with Crippen LogP contribution in [0.5, 0.6) is 0 Å². The molecule has 0 bridgehead atoms. The van der Waals surface area contributed by atoms with E-state index < -0.39 is 0 Å². The van der Waals surface area contributed by atoms with Gasteiger partial charge in [-0.1, -0.05) is 33.1 Å². The van der Waals surface area contributed by atoms with Crippen LogP contribution in [-0.2, 0) is 4.74 Å². The Morgan fingerprint density at radius 2 is 1.94 bits per heavy atom. The molecule has 1 saturated heterocycles. The summed E-state index contributed by atoms with van der Waals surface area (Å²) in [6.07, 6.45) is 9.28. The highest BCUT2D eigenvalue weighted by atomic mass is 16.5. The van der Waals surface area contributed by atoms with E-state index in [-0.39, 0.29) is 5.60 Å². The Morgan fingerprint density at radius 1 is 1.24 bits per heavy atom. The molecule has 1 heterocycles. The van der Waals surface area contributed by atoms with Gasteiger partial charge in [-0.15, -0.1) is 0 Å². The van der Waals surface area contributed by atoms with E-state index >= 15 is 0 Å². The van der Waals surface area contributed by atoms with E-state index in [0.717, 1.165) is 25.0 Å². The summed E-state index contributed by atoms with van der Waals surface area (Å²) in [5.74, 6) is 2.24. The minimum Gasteiger partial charge on any atom is -0.375 e. The van der Waals surface area contributed by atoms with Gasteiger partial charge in [0.05, 0.1) is 5.60 Å². The van der Waals surface area contributed by atoms with E-state index in [1.807, 2.05) is 0 Å². The van der Waals surface area contributed by atoms with Crippen molar-refractivity contribution in [3.8, 4) is 0 Å². The Balaban J connectivity index is 1.96. The molecule has 0 radical (unpaired) electrons. The fourth-order valence-electron chi connectivity index (χ4n) is 3.74. The minimum atomic E-state index is 0.254. The van der Waals surface area contributed by atoms with E-state index in [2.05, 4.69) is 13.8 Å². The predicted octanol–water partition coefficient (Wildman–Crippen LogP) is 3.35. The molecule has 1 aliphatic heterocycles. The first-order chi connectivity index (χ1) is 8.17. The SMILES string of the molecule is CC(CN)C(C)C1CCOC2(CCCCC2)C1. The van der Waals surface area contributed by atoms with Crippen LogP contribution in [0, 0.1) is 17.8 Å². The van der Waals surface area contributed by atoms with Gasteiger partial charge in [-0.05, 0) is 50.0 Å². The van der Waals surface area contributed by atoms with Gasteiger partial charge in [-0.2, -0.15) is 0 Å². The maximum atomic E-state index is 6.17. The molecule has 1 aliphatic carbocycles. The largest absolute Gasteiger partial charge is 0.375 e. The number of ether oxygens (including phenoxy) is 1. The second kappa shape index (κ2) is 5.71. The third-order valence-electron chi connectivity index (χ3n) is 5.31. The van der Waals surface area contributed by atoms with Crippen LogP contribution in [0.1, 0.15) is 58.8 Å². The summed E-state index contributed by atoms with van der Waals surface area (Å²) in [6.45, 7) is 6.50. The van der Waals surface area contributed by atoms with Crippen LogP contribution in [0.2, 0.25) is 0 Å². The minimum absolute atomic E-state index is 0.254. The zero-order valence-corrected chi connectivity index (χ0v) is 11.6. The van der Waals surface area contributed by atoms with E-state index in [1.54, 1.807) is 0 Å². The topological polar surface area (TPSA) is 35.2 Å². The Bertz CT molecular complexity index is 230.